The highest BCUT2D eigenvalue weighted by Gasteiger charge is 2.37. The van der Waals surface area contributed by atoms with Gasteiger partial charge in [-0.3, -0.25) is 4.79 Å². The van der Waals surface area contributed by atoms with Crippen molar-refractivity contribution in [3.63, 3.8) is 0 Å². The highest BCUT2D eigenvalue weighted by molar-refractivity contribution is 5.98. The first-order chi connectivity index (χ1) is 10.3. The fraction of sp³-hybridized carbons (Fsp3) is 0.562. The third-order valence-corrected chi connectivity index (χ3v) is 4.64. The molecule has 2 atom stereocenters. The van der Waals surface area contributed by atoms with Crippen molar-refractivity contribution in [2.24, 2.45) is 5.92 Å². The molecule has 2 saturated heterocycles. The molecule has 2 fully saturated rings. The third kappa shape index (κ3) is 3.02. The highest BCUT2D eigenvalue weighted by Crippen LogP contribution is 2.34. The van der Waals surface area contributed by atoms with E-state index in [-0.39, 0.29) is 17.3 Å². The van der Waals surface area contributed by atoms with E-state index in [1.54, 1.807) is 0 Å². The summed E-state index contributed by atoms with van der Waals surface area (Å²) in [6.07, 6.45) is -0.213. The summed E-state index contributed by atoms with van der Waals surface area (Å²) in [4.78, 5) is 12.5. The van der Waals surface area contributed by atoms with E-state index in [0.29, 0.717) is 31.0 Å². The number of carbonyl (C=O) groups excluding carboxylic acids is 1. The van der Waals surface area contributed by atoms with Crippen molar-refractivity contribution in [1.29, 1.82) is 0 Å². The first-order valence-corrected chi connectivity index (χ1v) is 7.51. The zero-order valence-electron chi connectivity index (χ0n) is 11.9. The van der Waals surface area contributed by atoms with E-state index in [1.807, 2.05) is 0 Å². The van der Waals surface area contributed by atoms with Gasteiger partial charge in [-0.15, -0.1) is 0 Å². The summed E-state index contributed by atoms with van der Waals surface area (Å²) < 4.78 is 51.3. The Morgan fingerprint density at radius 1 is 1.14 bits per heavy atom. The number of rotatable bonds is 2. The minimum atomic E-state index is -4.74. The van der Waals surface area contributed by atoms with Gasteiger partial charge in [0.1, 0.15) is 5.82 Å². The average molecular weight is 315 g/mol. The van der Waals surface area contributed by atoms with E-state index in [0.717, 1.165) is 31.4 Å². The van der Waals surface area contributed by atoms with Crippen LogP contribution in [0.1, 0.15) is 48.0 Å². The van der Waals surface area contributed by atoms with Crippen molar-refractivity contribution in [2.45, 2.75) is 50.4 Å². The third-order valence-electron chi connectivity index (χ3n) is 4.64. The standard InChI is InChI=1S/C16H17F4NO/c17-14-8-9(4-5-13(14)16(18,19)20)15(22)10-6-11-2-1-3-12(7-10)21-11/h4-5,8,10-12,21H,1-3,6-7H2. The van der Waals surface area contributed by atoms with Gasteiger partial charge in [0.25, 0.3) is 0 Å². The van der Waals surface area contributed by atoms with Crippen molar-refractivity contribution >= 4 is 5.78 Å². The fourth-order valence-electron chi connectivity index (χ4n) is 3.61. The Kier molecular flexibility index (Phi) is 3.97. The Morgan fingerprint density at radius 2 is 1.77 bits per heavy atom. The van der Waals surface area contributed by atoms with E-state index in [2.05, 4.69) is 5.32 Å². The second kappa shape index (κ2) is 5.65. The second-order valence-corrected chi connectivity index (χ2v) is 6.22. The van der Waals surface area contributed by atoms with Gasteiger partial charge in [-0.2, -0.15) is 13.2 Å². The van der Waals surface area contributed by atoms with E-state index in [1.165, 1.54) is 0 Å². The molecule has 120 valence electrons. The molecule has 1 aromatic carbocycles. The molecular formula is C16H17F4NO. The number of Topliss-reactive ketones (excluding diaryl/α,β-unsaturated/α-hetero) is 1. The number of piperidine rings is 2. The summed E-state index contributed by atoms with van der Waals surface area (Å²) >= 11 is 0. The predicted octanol–water partition coefficient (Wildman–Crippen LogP) is 3.95. The van der Waals surface area contributed by atoms with Crippen molar-refractivity contribution in [1.82, 2.24) is 5.32 Å². The summed E-state index contributed by atoms with van der Waals surface area (Å²) in [5.41, 5.74) is -1.29. The maximum Gasteiger partial charge on any atom is 0.419 e. The van der Waals surface area contributed by atoms with Gasteiger partial charge in [-0.05, 0) is 37.8 Å². The average Bonchev–Trinajstić information content (AvgIpc) is 2.44. The molecule has 1 N–H and O–H groups in total. The van der Waals surface area contributed by atoms with Gasteiger partial charge in [0.05, 0.1) is 5.56 Å². The molecule has 1 aromatic rings. The summed E-state index contributed by atoms with van der Waals surface area (Å²) in [5, 5.41) is 3.45. The van der Waals surface area contributed by atoms with Crippen molar-refractivity contribution < 1.29 is 22.4 Å². The molecular weight excluding hydrogens is 298 g/mol. The Hall–Kier alpha value is -1.43. The molecule has 2 nitrogen and oxygen atoms in total. The molecule has 22 heavy (non-hydrogen) atoms. The molecule has 0 radical (unpaired) electrons. The van der Waals surface area contributed by atoms with E-state index in [4.69, 9.17) is 0 Å². The quantitative estimate of drug-likeness (QED) is 0.661. The largest absolute Gasteiger partial charge is 0.419 e. The first kappa shape index (κ1) is 15.5. The fourth-order valence-corrected chi connectivity index (χ4v) is 3.61. The zero-order valence-corrected chi connectivity index (χ0v) is 11.9. The molecule has 0 aliphatic carbocycles. The van der Waals surface area contributed by atoms with Gasteiger partial charge in [0, 0.05) is 23.6 Å². The number of alkyl halides is 3. The Balaban J connectivity index is 1.79. The SMILES string of the molecule is O=C(c1ccc(C(F)(F)F)c(F)c1)C1CC2CCCC(C1)N2. The van der Waals surface area contributed by atoms with Crippen molar-refractivity contribution in [3.05, 3.63) is 35.1 Å². The van der Waals surface area contributed by atoms with E-state index < -0.39 is 17.6 Å². The topological polar surface area (TPSA) is 29.1 Å². The number of halogens is 4. The zero-order chi connectivity index (χ0) is 15.9. The van der Waals surface area contributed by atoms with Crippen LogP contribution in [0.15, 0.2) is 18.2 Å². The normalized spacial score (nSPS) is 28.5. The summed E-state index contributed by atoms with van der Waals surface area (Å²) in [6, 6.07) is 3.06. The predicted molar refractivity (Wildman–Crippen MR) is 73.0 cm³/mol. The van der Waals surface area contributed by atoms with Crippen LogP contribution >= 0.6 is 0 Å². The van der Waals surface area contributed by atoms with E-state index in [9.17, 15) is 22.4 Å². The molecule has 3 rings (SSSR count). The summed E-state index contributed by atoms with van der Waals surface area (Å²) in [7, 11) is 0. The minimum absolute atomic E-state index is 0.0375. The molecule has 6 heteroatoms. The Bertz CT molecular complexity index is 572. The van der Waals surface area contributed by atoms with Crippen LogP contribution in [-0.4, -0.2) is 17.9 Å². The maximum atomic E-state index is 13.6. The van der Waals surface area contributed by atoms with Crippen LogP contribution in [0, 0.1) is 11.7 Å². The van der Waals surface area contributed by atoms with Crippen LogP contribution in [0.25, 0.3) is 0 Å². The van der Waals surface area contributed by atoms with Crippen LogP contribution in [0.2, 0.25) is 0 Å². The second-order valence-electron chi connectivity index (χ2n) is 6.22. The van der Waals surface area contributed by atoms with Crippen LogP contribution in [-0.2, 0) is 6.18 Å². The molecule has 2 aliphatic rings. The lowest BCUT2D eigenvalue weighted by Crippen LogP contribution is -2.50. The van der Waals surface area contributed by atoms with Crippen LogP contribution in [0.3, 0.4) is 0 Å². The van der Waals surface area contributed by atoms with Gasteiger partial charge in [-0.25, -0.2) is 4.39 Å². The first-order valence-electron chi connectivity index (χ1n) is 7.51. The monoisotopic (exact) mass is 315 g/mol. The van der Waals surface area contributed by atoms with Gasteiger partial charge in [0.2, 0.25) is 0 Å². The van der Waals surface area contributed by atoms with Crippen molar-refractivity contribution in [3.8, 4) is 0 Å². The molecule has 2 aliphatic heterocycles. The van der Waals surface area contributed by atoms with Crippen LogP contribution in [0.5, 0.6) is 0 Å². The minimum Gasteiger partial charge on any atom is -0.311 e. The number of ketones is 1. The van der Waals surface area contributed by atoms with E-state index >= 15 is 0 Å². The lowest BCUT2D eigenvalue weighted by atomic mass is 9.77. The number of carbonyl (C=O) groups is 1. The van der Waals surface area contributed by atoms with Gasteiger partial charge in [0.15, 0.2) is 5.78 Å². The Morgan fingerprint density at radius 3 is 2.32 bits per heavy atom. The highest BCUT2D eigenvalue weighted by atomic mass is 19.4. The molecule has 0 spiro atoms. The van der Waals surface area contributed by atoms with Crippen molar-refractivity contribution in [2.75, 3.05) is 0 Å². The van der Waals surface area contributed by atoms with Gasteiger partial charge in [-0.1, -0.05) is 12.5 Å². The van der Waals surface area contributed by atoms with Gasteiger partial charge < -0.3 is 5.32 Å². The number of fused-ring (bicyclic) bond motifs is 2. The summed E-state index contributed by atoms with van der Waals surface area (Å²) in [6.45, 7) is 0. The number of hydrogen-bond acceptors (Lipinski definition) is 2. The Labute approximate surface area is 125 Å². The van der Waals surface area contributed by atoms with Crippen LogP contribution in [0.4, 0.5) is 17.6 Å². The molecule has 2 heterocycles. The molecule has 2 unspecified atom stereocenters. The molecule has 0 saturated carbocycles. The molecule has 2 bridgehead atoms. The lowest BCUT2D eigenvalue weighted by Gasteiger charge is -2.39. The van der Waals surface area contributed by atoms with Gasteiger partial charge >= 0.3 is 6.18 Å². The molecule has 0 amide bonds. The van der Waals surface area contributed by atoms with Crippen LogP contribution < -0.4 is 5.32 Å². The number of hydrogen-bond donors (Lipinski definition) is 1. The smallest absolute Gasteiger partial charge is 0.311 e. The lowest BCUT2D eigenvalue weighted by molar-refractivity contribution is -0.140. The number of benzene rings is 1. The summed E-state index contributed by atoms with van der Waals surface area (Å²) in [5.74, 6) is -1.86. The molecule has 0 aromatic heterocycles. The number of nitrogens with one attached hydrogen (secondary N) is 1. The maximum absolute atomic E-state index is 13.6.